The van der Waals surface area contributed by atoms with Gasteiger partial charge in [-0.1, -0.05) is 12.1 Å². The zero-order valence-corrected chi connectivity index (χ0v) is 13.6. The molecule has 1 fully saturated rings. The van der Waals surface area contributed by atoms with Gasteiger partial charge in [-0.3, -0.25) is 14.9 Å². The van der Waals surface area contributed by atoms with Crippen molar-refractivity contribution in [1.29, 1.82) is 0 Å². The van der Waals surface area contributed by atoms with Crippen LogP contribution >= 0.6 is 0 Å². The monoisotopic (exact) mass is 341 g/mol. The van der Waals surface area contributed by atoms with Gasteiger partial charge in [-0.25, -0.2) is 13.1 Å². The Morgan fingerprint density at radius 1 is 1.30 bits per heavy atom. The van der Waals surface area contributed by atoms with Crippen molar-refractivity contribution in [3.05, 3.63) is 33.9 Å². The number of carbonyl (C=O) groups excluding carboxylic acids is 1. The van der Waals surface area contributed by atoms with E-state index in [0.717, 1.165) is 25.3 Å². The summed E-state index contributed by atoms with van der Waals surface area (Å²) in [4.78, 5) is 23.6. The van der Waals surface area contributed by atoms with E-state index in [0.29, 0.717) is 13.1 Å². The summed E-state index contributed by atoms with van der Waals surface area (Å²) in [6.07, 6.45) is 2.87. The second kappa shape index (κ2) is 7.05. The summed E-state index contributed by atoms with van der Waals surface area (Å²) in [6, 6.07) is 4.04. The van der Waals surface area contributed by atoms with Crippen LogP contribution in [0.2, 0.25) is 0 Å². The fourth-order valence-electron chi connectivity index (χ4n) is 2.61. The zero-order chi connectivity index (χ0) is 17.0. The summed E-state index contributed by atoms with van der Waals surface area (Å²) >= 11 is 0. The van der Waals surface area contributed by atoms with E-state index < -0.39 is 32.1 Å². The number of likely N-dealkylation sites (tertiary alicyclic amines) is 1. The number of sulfonamides is 1. The quantitative estimate of drug-likeness (QED) is 0.639. The third-order valence-electron chi connectivity index (χ3n) is 3.78. The smallest absolute Gasteiger partial charge is 0.289 e. The van der Waals surface area contributed by atoms with Gasteiger partial charge >= 0.3 is 0 Å². The molecule has 0 aromatic heterocycles. The summed E-state index contributed by atoms with van der Waals surface area (Å²) in [7, 11) is -4.14. The molecule has 1 heterocycles. The molecule has 1 aliphatic rings. The molecule has 0 aliphatic carbocycles. The Bertz CT molecular complexity index is 711. The molecule has 1 saturated heterocycles. The minimum Gasteiger partial charge on any atom is -0.342 e. The van der Waals surface area contributed by atoms with E-state index in [2.05, 4.69) is 4.72 Å². The number of hydrogen-bond donors (Lipinski definition) is 1. The van der Waals surface area contributed by atoms with Crippen molar-refractivity contribution in [1.82, 2.24) is 9.62 Å². The molecular weight excluding hydrogens is 322 g/mol. The van der Waals surface area contributed by atoms with Crippen molar-refractivity contribution in [2.24, 2.45) is 0 Å². The van der Waals surface area contributed by atoms with Crippen LogP contribution in [-0.2, 0) is 14.8 Å². The van der Waals surface area contributed by atoms with Gasteiger partial charge in [0.25, 0.3) is 5.69 Å². The number of carbonyl (C=O) groups is 1. The predicted octanol–water partition coefficient (Wildman–Crippen LogP) is 1.19. The summed E-state index contributed by atoms with van der Waals surface area (Å²) in [6.45, 7) is 2.32. The van der Waals surface area contributed by atoms with Crippen LogP contribution in [0.3, 0.4) is 0 Å². The lowest BCUT2D eigenvalue weighted by Crippen LogP contribution is -2.42. The first-order valence-electron chi connectivity index (χ1n) is 7.34. The van der Waals surface area contributed by atoms with Crippen LogP contribution in [0.15, 0.2) is 23.1 Å². The molecule has 9 heteroatoms. The van der Waals surface area contributed by atoms with Gasteiger partial charge in [0, 0.05) is 19.2 Å². The molecule has 1 N–H and O–H groups in total. The van der Waals surface area contributed by atoms with Crippen LogP contribution in [0.4, 0.5) is 5.69 Å². The van der Waals surface area contributed by atoms with Gasteiger partial charge in [-0.15, -0.1) is 0 Å². The Morgan fingerprint density at radius 2 is 1.96 bits per heavy atom. The Morgan fingerprint density at radius 3 is 2.57 bits per heavy atom. The topological polar surface area (TPSA) is 110 Å². The van der Waals surface area contributed by atoms with Gasteiger partial charge in [0.2, 0.25) is 15.9 Å². The molecule has 0 atom stereocenters. The number of nitrogens with zero attached hydrogens (tertiary/aromatic N) is 2. The second-order valence-corrected chi connectivity index (χ2v) is 7.15. The molecule has 1 aromatic carbocycles. The van der Waals surface area contributed by atoms with E-state index >= 15 is 0 Å². The highest BCUT2D eigenvalue weighted by atomic mass is 32.2. The highest BCUT2D eigenvalue weighted by Gasteiger charge is 2.28. The first-order valence-corrected chi connectivity index (χ1v) is 8.82. The van der Waals surface area contributed by atoms with Crippen LogP contribution in [-0.4, -0.2) is 43.8 Å². The maximum Gasteiger partial charge on any atom is 0.289 e. The van der Waals surface area contributed by atoms with Crippen LogP contribution < -0.4 is 4.72 Å². The van der Waals surface area contributed by atoms with Gasteiger partial charge in [0.05, 0.1) is 11.5 Å². The lowest BCUT2D eigenvalue weighted by atomic mass is 10.1. The number of nitro benzene ring substituents is 1. The average molecular weight is 341 g/mol. The SMILES string of the molecule is Cc1cccc([N+](=O)[O-])c1S(=O)(=O)NCC(=O)N1CCCCC1. The summed E-state index contributed by atoms with van der Waals surface area (Å²) in [5.74, 6) is -0.315. The minimum atomic E-state index is -4.14. The molecule has 2 rings (SSSR count). The first-order chi connectivity index (χ1) is 10.8. The first kappa shape index (κ1) is 17.4. The second-order valence-electron chi connectivity index (χ2n) is 5.45. The number of rotatable bonds is 5. The highest BCUT2D eigenvalue weighted by molar-refractivity contribution is 7.89. The number of piperidine rings is 1. The Kier molecular flexibility index (Phi) is 5.32. The van der Waals surface area contributed by atoms with Crippen molar-refractivity contribution in [3.8, 4) is 0 Å². The van der Waals surface area contributed by atoms with E-state index in [4.69, 9.17) is 0 Å². The maximum atomic E-state index is 12.4. The van der Waals surface area contributed by atoms with E-state index in [-0.39, 0.29) is 11.5 Å². The van der Waals surface area contributed by atoms with Gasteiger partial charge < -0.3 is 4.90 Å². The summed E-state index contributed by atoms with van der Waals surface area (Å²) in [5, 5.41) is 11.0. The van der Waals surface area contributed by atoms with Gasteiger partial charge in [-0.2, -0.15) is 0 Å². The fourth-order valence-corrected chi connectivity index (χ4v) is 3.98. The molecule has 8 nitrogen and oxygen atoms in total. The van der Waals surface area contributed by atoms with Crippen molar-refractivity contribution in [3.63, 3.8) is 0 Å². The Labute approximate surface area is 134 Å². The molecular formula is C14H19N3O5S. The van der Waals surface area contributed by atoms with Crippen molar-refractivity contribution in [2.75, 3.05) is 19.6 Å². The third-order valence-corrected chi connectivity index (χ3v) is 5.37. The number of benzene rings is 1. The van der Waals surface area contributed by atoms with Crippen LogP contribution in [0.25, 0.3) is 0 Å². The highest BCUT2D eigenvalue weighted by Crippen LogP contribution is 2.26. The molecule has 23 heavy (non-hydrogen) atoms. The van der Waals surface area contributed by atoms with E-state index in [1.54, 1.807) is 4.90 Å². The normalized spacial score (nSPS) is 15.4. The Balaban J connectivity index is 2.16. The number of nitrogens with one attached hydrogen (secondary N) is 1. The number of nitro groups is 1. The lowest BCUT2D eigenvalue weighted by molar-refractivity contribution is -0.387. The molecule has 0 unspecified atom stereocenters. The molecule has 0 saturated carbocycles. The minimum absolute atomic E-state index is 0.261. The van der Waals surface area contributed by atoms with Crippen LogP contribution in [0.1, 0.15) is 24.8 Å². The van der Waals surface area contributed by atoms with Gasteiger partial charge in [0.1, 0.15) is 0 Å². The molecule has 0 radical (unpaired) electrons. The predicted molar refractivity (Wildman–Crippen MR) is 83.5 cm³/mol. The third kappa shape index (κ3) is 4.05. The molecule has 126 valence electrons. The number of amides is 1. The van der Waals surface area contributed by atoms with E-state index in [1.165, 1.54) is 19.1 Å². The van der Waals surface area contributed by atoms with Crippen molar-refractivity contribution < 1.29 is 18.1 Å². The van der Waals surface area contributed by atoms with E-state index in [9.17, 15) is 23.3 Å². The molecule has 1 aliphatic heterocycles. The molecule has 0 bridgehead atoms. The summed E-state index contributed by atoms with van der Waals surface area (Å²) < 4.78 is 26.9. The number of hydrogen-bond acceptors (Lipinski definition) is 5. The number of aryl methyl sites for hydroxylation is 1. The summed E-state index contributed by atoms with van der Waals surface area (Å²) in [5.41, 5.74) is -0.236. The molecule has 1 aromatic rings. The van der Waals surface area contributed by atoms with Crippen molar-refractivity contribution in [2.45, 2.75) is 31.1 Å². The van der Waals surface area contributed by atoms with Crippen molar-refractivity contribution >= 4 is 21.6 Å². The van der Waals surface area contributed by atoms with E-state index in [1.807, 2.05) is 0 Å². The lowest BCUT2D eigenvalue weighted by Gasteiger charge is -2.26. The molecule has 1 amide bonds. The largest absolute Gasteiger partial charge is 0.342 e. The fraction of sp³-hybridized carbons (Fsp3) is 0.500. The molecule has 0 spiro atoms. The Hall–Kier alpha value is -2.00. The zero-order valence-electron chi connectivity index (χ0n) is 12.8. The van der Waals surface area contributed by atoms with Gasteiger partial charge in [-0.05, 0) is 31.7 Å². The van der Waals surface area contributed by atoms with Crippen LogP contribution in [0.5, 0.6) is 0 Å². The van der Waals surface area contributed by atoms with Gasteiger partial charge in [0.15, 0.2) is 4.90 Å². The standard InChI is InChI=1S/C14H19N3O5S/c1-11-6-5-7-12(17(19)20)14(11)23(21,22)15-10-13(18)16-8-3-2-4-9-16/h5-7,15H,2-4,8-10H2,1H3. The van der Waals surface area contributed by atoms with Crippen LogP contribution in [0, 0.1) is 17.0 Å². The maximum absolute atomic E-state index is 12.4. The average Bonchev–Trinajstić information content (AvgIpc) is 2.53.